The van der Waals surface area contributed by atoms with Crippen molar-refractivity contribution in [1.82, 2.24) is 9.88 Å². The molecule has 1 aromatic carbocycles. The van der Waals surface area contributed by atoms with Crippen molar-refractivity contribution >= 4 is 33.1 Å². The van der Waals surface area contributed by atoms with E-state index < -0.39 is 0 Å². The van der Waals surface area contributed by atoms with Crippen LogP contribution in [0.25, 0.3) is 15.8 Å². The Labute approximate surface area is 98.0 Å². The van der Waals surface area contributed by atoms with Crippen LogP contribution in [-0.2, 0) is 4.79 Å². The van der Waals surface area contributed by atoms with Crippen molar-refractivity contribution in [1.29, 1.82) is 0 Å². The first-order valence-corrected chi connectivity index (χ1v) is 5.77. The van der Waals surface area contributed by atoms with E-state index in [0.717, 1.165) is 15.2 Å². The number of para-hydroxylation sites is 1. The van der Waals surface area contributed by atoms with Gasteiger partial charge in [-0.15, -0.1) is 11.3 Å². The number of benzene rings is 1. The normalized spacial score (nSPS) is 10.7. The highest BCUT2D eigenvalue weighted by Crippen LogP contribution is 2.25. The van der Waals surface area contributed by atoms with Crippen molar-refractivity contribution in [2.24, 2.45) is 0 Å². The van der Waals surface area contributed by atoms with Crippen molar-refractivity contribution < 1.29 is 4.79 Å². The van der Waals surface area contributed by atoms with Crippen LogP contribution in [0.5, 0.6) is 0 Å². The molecular formula is C12H12N2OS. The van der Waals surface area contributed by atoms with Gasteiger partial charge in [0.1, 0.15) is 10.9 Å². The van der Waals surface area contributed by atoms with Gasteiger partial charge in [-0.3, -0.25) is 0 Å². The van der Waals surface area contributed by atoms with E-state index in [4.69, 9.17) is 0 Å². The van der Waals surface area contributed by atoms with Crippen molar-refractivity contribution in [2.75, 3.05) is 20.6 Å². The van der Waals surface area contributed by atoms with Gasteiger partial charge in [0, 0.05) is 6.54 Å². The van der Waals surface area contributed by atoms with Gasteiger partial charge in [-0.2, -0.15) is 0 Å². The third-order valence-electron chi connectivity index (χ3n) is 2.15. The average molecular weight is 232 g/mol. The molecule has 2 aromatic rings. The first-order chi connectivity index (χ1) is 7.70. The molecule has 0 fully saturated rings. The van der Waals surface area contributed by atoms with Gasteiger partial charge >= 0.3 is 0 Å². The summed E-state index contributed by atoms with van der Waals surface area (Å²) in [7, 11) is 3.84. The van der Waals surface area contributed by atoms with Crippen LogP contribution < -0.4 is 0 Å². The van der Waals surface area contributed by atoms with Gasteiger partial charge in [-0.05, 0) is 26.2 Å². The summed E-state index contributed by atoms with van der Waals surface area (Å²) in [6.45, 7) is 0.573. The van der Waals surface area contributed by atoms with E-state index in [1.54, 1.807) is 0 Å². The molecule has 1 aromatic heterocycles. The Balaban J connectivity index is 2.42. The van der Waals surface area contributed by atoms with Crippen molar-refractivity contribution in [3.63, 3.8) is 0 Å². The third-order valence-corrected chi connectivity index (χ3v) is 3.25. The molecule has 0 spiro atoms. The Bertz CT molecular complexity index is 520. The molecule has 0 bridgehead atoms. The lowest BCUT2D eigenvalue weighted by Crippen LogP contribution is -2.14. The van der Waals surface area contributed by atoms with E-state index in [0.29, 0.717) is 12.1 Å². The standard InChI is InChI=1S/C12H12N2OS/c1-14(2)7-9(8-15)12-13-10-5-3-4-6-11(10)16-12/h3-6H,7H2,1-2H3. The summed E-state index contributed by atoms with van der Waals surface area (Å²) in [6.07, 6.45) is 0. The van der Waals surface area contributed by atoms with Crippen molar-refractivity contribution in [3.05, 3.63) is 29.3 Å². The van der Waals surface area contributed by atoms with Gasteiger partial charge in [0.2, 0.25) is 0 Å². The second-order valence-corrected chi connectivity index (χ2v) is 4.84. The number of aromatic nitrogens is 1. The fourth-order valence-electron chi connectivity index (χ4n) is 1.46. The fraction of sp³-hybridized carbons (Fsp3) is 0.250. The number of hydrogen-bond donors (Lipinski definition) is 0. The number of carbonyl (C=O) groups excluding carboxylic acids is 1. The fourth-order valence-corrected chi connectivity index (χ4v) is 2.41. The number of thiazole rings is 1. The van der Waals surface area contributed by atoms with E-state index in [1.807, 2.05) is 49.2 Å². The molecule has 3 nitrogen and oxygen atoms in total. The number of rotatable bonds is 3. The first-order valence-electron chi connectivity index (χ1n) is 4.95. The predicted octanol–water partition coefficient (Wildman–Crippen LogP) is 2.07. The second kappa shape index (κ2) is 4.58. The monoisotopic (exact) mass is 232 g/mol. The first kappa shape index (κ1) is 11.0. The molecular weight excluding hydrogens is 220 g/mol. The minimum Gasteiger partial charge on any atom is -0.304 e. The Kier molecular flexibility index (Phi) is 3.15. The largest absolute Gasteiger partial charge is 0.304 e. The average Bonchev–Trinajstić information content (AvgIpc) is 2.68. The van der Waals surface area contributed by atoms with Crippen LogP contribution in [0.1, 0.15) is 5.01 Å². The molecule has 16 heavy (non-hydrogen) atoms. The lowest BCUT2D eigenvalue weighted by Gasteiger charge is -2.07. The zero-order valence-corrected chi connectivity index (χ0v) is 10.0. The van der Waals surface area contributed by atoms with Gasteiger partial charge in [0.05, 0.1) is 15.8 Å². The van der Waals surface area contributed by atoms with Gasteiger partial charge < -0.3 is 4.90 Å². The molecule has 1 heterocycles. The molecule has 0 aliphatic carbocycles. The quantitative estimate of drug-likeness (QED) is 0.760. The maximum absolute atomic E-state index is 10.9. The number of fused-ring (bicyclic) bond motifs is 1. The van der Waals surface area contributed by atoms with Gasteiger partial charge in [-0.25, -0.2) is 9.78 Å². The zero-order chi connectivity index (χ0) is 11.5. The van der Waals surface area contributed by atoms with Crippen LogP contribution in [-0.4, -0.2) is 36.5 Å². The van der Waals surface area contributed by atoms with Crippen LogP contribution in [0.3, 0.4) is 0 Å². The molecule has 0 atom stereocenters. The van der Waals surface area contributed by atoms with Crippen LogP contribution in [0.15, 0.2) is 24.3 Å². The third kappa shape index (κ3) is 2.19. The summed E-state index contributed by atoms with van der Waals surface area (Å²) < 4.78 is 1.10. The molecule has 82 valence electrons. The van der Waals surface area contributed by atoms with E-state index in [9.17, 15) is 4.79 Å². The van der Waals surface area contributed by atoms with Crippen molar-refractivity contribution in [2.45, 2.75) is 0 Å². The lowest BCUT2D eigenvalue weighted by molar-refractivity contribution is 0.462. The summed E-state index contributed by atoms with van der Waals surface area (Å²) in [6, 6.07) is 7.88. The summed E-state index contributed by atoms with van der Waals surface area (Å²) in [5.41, 5.74) is 1.56. The molecule has 0 amide bonds. The summed E-state index contributed by atoms with van der Waals surface area (Å²) >= 11 is 1.53. The van der Waals surface area contributed by atoms with Crippen molar-refractivity contribution in [3.8, 4) is 0 Å². The molecule has 0 saturated heterocycles. The highest BCUT2D eigenvalue weighted by atomic mass is 32.1. The molecule has 0 aliphatic heterocycles. The topological polar surface area (TPSA) is 33.2 Å². The molecule has 0 aliphatic rings. The number of nitrogens with zero attached hydrogens (tertiary/aromatic N) is 2. The lowest BCUT2D eigenvalue weighted by atomic mass is 10.3. The molecule has 2 rings (SSSR count). The van der Waals surface area contributed by atoms with Gasteiger partial charge in [0.25, 0.3) is 0 Å². The van der Waals surface area contributed by atoms with Crippen LogP contribution >= 0.6 is 11.3 Å². The maximum atomic E-state index is 10.9. The van der Waals surface area contributed by atoms with Crippen LogP contribution in [0.2, 0.25) is 0 Å². The SMILES string of the molecule is CN(C)CC(=C=O)c1nc2ccccc2s1. The summed E-state index contributed by atoms with van der Waals surface area (Å²) in [5.74, 6) is 1.98. The molecule has 0 saturated carbocycles. The summed E-state index contributed by atoms with van der Waals surface area (Å²) in [4.78, 5) is 17.3. The Morgan fingerprint density at radius 1 is 1.44 bits per heavy atom. The van der Waals surface area contributed by atoms with Gasteiger partial charge in [-0.1, -0.05) is 12.1 Å². The Morgan fingerprint density at radius 2 is 2.19 bits per heavy atom. The van der Waals surface area contributed by atoms with E-state index in [1.165, 1.54) is 11.3 Å². The van der Waals surface area contributed by atoms with E-state index >= 15 is 0 Å². The minimum atomic E-state index is 0.573. The number of hydrogen-bond acceptors (Lipinski definition) is 4. The summed E-state index contributed by atoms with van der Waals surface area (Å²) in [5, 5.41) is 0.768. The smallest absolute Gasteiger partial charge is 0.132 e. The second-order valence-electron chi connectivity index (χ2n) is 3.81. The van der Waals surface area contributed by atoms with Crippen LogP contribution in [0.4, 0.5) is 0 Å². The molecule has 0 unspecified atom stereocenters. The van der Waals surface area contributed by atoms with Gasteiger partial charge in [0.15, 0.2) is 0 Å². The Hall–Kier alpha value is -1.48. The molecule has 4 heteroatoms. The highest BCUT2D eigenvalue weighted by molar-refractivity contribution is 7.19. The maximum Gasteiger partial charge on any atom is 0.132 e. The van der Waals surface area contributed by atoms with Crippen LogP contribution in [0, 0.1) is 0 Å². The highest BCUT2D eigenvalue weighted by Gasteiger charge is 2.10. The molecule has 0 radical (unpaired) electrons. The van der Waals surface area contributed by atoms with E-state index in [-0.39, 0.29) is 0 Å². The predicted molar refractivity (Wildman–Crippen MR) is 67.3 cm³/mol. The molecule has 0 N–H and O–H groups in total. The van der Waals surface area contributed by atoms with E-state index in [2.05, 4.69) is 4.98 Å². The number of likely N-dealkylation sites (N-methyl/N-ethyl adjacent to an activating group) is 1. The minimum absolute atomic E-state index is 0.573. The Morgan fingerprint density at radius 3 is 2.81 bits per heavy atom. The zero-order valence-electron chi connectivity index (χ0n) is 9.23.